The number of anilines is 2. The van der Waals surface area contributed by atoms with Crippen LogP contribution in [0.1, 0.15) is 19.4 Å². The van der Waals surface area contributed by atoms with Gasteiger partial charge in [-0.1, -0.05) is 30.3 Å². The Morgan fingerprint density at radius 3 is 2.30 bits per heavy atom. The van der Waals surface area contributed by atoms with E-state index < -0.39 is 11.9 Å². The molecule has 0 unspecified atom stereocenters. The molecule has 0 spiro atoms. The lowest BCUT2D eigenvalue weighted by Gasteiger charge is -2.10. The van der Waals surface area contributed by atoms with E-state index in [1.165, 1.54) is 12.5 Å². The molecule has 0 radical (unpaired) electrons. The van der Waals surface area contributed by atoms with Crippen molar-refractivity contribution in [3.63, 3.8) is 0 Å². The molecule has 33 heavy (non-hydrogen) atoms. The molecule has 2 N–H and O–H groups in total. The third-order valence-corrected chi connectivity index (χ3v) is 4.47. The largest absolute Gasteiger partial charge is 0.462 e. The topological polar surface area (TPSA) is 120 Å². The molecule has 0 atom stereocenters. The Balaban J connectivity index is 1.84. The SMILES string of the molecule is CCOC(=O)C(=CNc1ncnc2ccc(NC(=O)Cc3ccccc3)cc12)C(=O)OCC. The van der Waals surface area contributed by atoms with E-state index in [4.69, 9.17) is 9.47 Å². The van der Waals surface area contributed by atoms with Gasteiger partial charge in [-0.2, -0.15) is 0 Å². The summed E-state index contributed by atoms with van der Waals surface area (Å²) in [5, 5.41) is 6.30. The summed E-state index contributed by atoms with van der Waals surface area (Å²) in [6.07, 6.45) is 2.78. The lowest BCUT2D eigenvalue weighted by molar-refractivity contribution is -0.146. The summed E-state index contributed by atoms with van der Waals surface area (Å²) < 4.78 is 9.86. The van der Waals surface area contributed by atoms with Crippen LogP contribution < -0.4 is 10.6 Å². The van der Waals surface area contributed by atoms with Crippen molar-refractivity contribution in [2.45, 2.75) is 20.3 Å². The summed E-state index contributed by atoms with van der Waals surface area (Å²) in [7, 11) is 0. The number of amides is 1. The van der Waals surface area contributed by atoms with Crippen LogP contribution in [0.5, 0.6) is 0 Å². The highest BCUT2D eigenvalue weighted by Crippen LogP contribution is 2.23. The van der Waals surface area contributed by atoms with Crippen LogP contribution in [0.2, 0.25) is 0 Å². The molecule has 1 heterocycles. The van der Waals surface area contributed by atoms with Crippen molar-refractivity contribution in [1.29, 1.82) is 0 Å². The molecular weight excluding hydrogens is 424 g/mol. The van der Waals surface area contributed by atoms with Crippen LogP contribution in [0.25, 0.3) is 10.9 Å². The van der Waals surface area contributed by atoms with Gasteiger partial charge < -0.3 is 20.1 Å². The summed E-state index contributed by atoms with van der Waals surface area (Å²) in [4.78, 5) is 45.1. The van der Waals surface area contributed by atoms with Gasteiger partial charge in [0.25, 0.3) is 0 Å². The summed E-state index contributed by atoms with van der Waals surface area (Å²) >= 11 is 0. The Morgan fingerprint density at radius 1 is 0.939 bits per heavy atom. The normalized spacial score (nSPS) is 10.2. The molecule has 9 nitrogen and oxygen atoms in total. The quantitative estimate of drug-likeness (QED) is 0.222. The number of nitrogens with zero attached hydrogens (tertiary/aromatic N) is 2. The van der Waals surface area contributed by atoms with Crippen molar-refractivity contribution >= 4 is 40.3 Å². The molecule has 0 bridgehead atoms. The Morgan fingerprint density at radius 2 is 1.64 bits per heavy atom. The number of benzene rings is 2. The van der Waals surface area contributed by atoms with Crippen LogP contribution in [0, 0.1) is 0 Å². The van der Waals surface area contributed by atoms with Crippen molar-refractivity contribution in [3.05, 3.63) is 72.2 Å². The lowest BCUT2D eigenvalue weighted by Crippen LogP contribution is -2.19. The predicted molar refractivity (Wildman–Crippen MR) is 123 cm³/mol. The van der Waals surface area contributed by atoms with Crippen molar-refractivity contribution in [2.75, 3.05) is 23.8 Å². The number of fused-ring (bicyclic) bond motifs is 1. The number of rotatable bonds is 9. The third kappa shape index (κ3) is 6.36. The van der Waals surface area contributed by atoms with E-state index in [1.54, 1.807) is 32.0 Å². The molecule has 0 aliphatic carbocycles. The number of hydrogen-bond acceptors (Lipinski definition) is 8. The summed E-state index contributed by atoms with van der Waals surface area (Å²) in [6, 6.07) is 14.6. The molecule has 0 fully saturated rings. The van der Waals surface area contributed by atoms with E-state index >= 15 is 0 Å². The van der Waals surface area contributed by atoms with E-state index in [0.717, 1.165) is 5.56 Å². The van der Waals surface area contributed by atoms with Crippen LogP contribution >= 0.6 is 0 Å². The Labute approximate surface area is 190 Å². The molecule has 3 rings (SSSR count). The van der Waals surface area contributed by atoms with Gasteiger partial charge in [0.05, 0.1) is 25.2 Å². The van der Waals surface area contributed by atoms with Gasteiger partial charge in [-0.25, -0.2) is 19.6 Å². The smallest absolute Gasteiger partial charge is 0.347 e. The Kier molecular flexibility index (Phi) is 8.07. The molecule has 0 saturated carbocycles. The molecule has 0 aliphatic heterocycles. The molecule has 1 aromatic heterocycles. The zero-order valence-electron chi connectivity index (χ0n) is 18.3. The third-order valence-electron chi connectivity index (χ3n) is 4.47. The average molecular weight is 448 g/mol. The first-order valence-electron chi connectivity index (χ1n) is 10.4. The summed E-state index contributed by atoms with van der Waals surface area (Å²) in [5.74, 6) is -1.45. The monoisotopic (exact) mass is 448 g/mol. The second kappa shape index (κ2) is 11.4. The molecular formula is C24H24N4O5. The van der Waals surface area contributed by atoms with Crippen LogP contribution in [0.15, 0.2) is 66.6 Å². The van der Waals surface area contributed by atoms with Crippen LogP contribution in [-0.4, -0.2) is 41.0 Å². The number of carbonyl (C=O) groups is 3. The van der Waals surface area contributed by atoms with Crippen molar-refractivity contribution in [3.8, 4) is 0 Å². The standard InChI is InChI=1S/C24H24N4O5/c1-3-32-23(30)19(24(31)33-4-2)14-25-22-18-13-17(10-11-20(18)26-15-27-22)28-21(29)12-16-8-6-5-7-9-16/h5-11,13-15H,3-4,12H2,1-2H3,(H,28,29)(H,25,26,27). The molecule has 9 heteroatoms. The van der Waals surface area contributed by atoms with Crippen LogP contribution in [0.3, 0.4) is 0 Å². The van der Waals surface area contributed by atoms with Crippen molar-refractivity contribution in [1.82, 2.24) is 9.97 Å². The fraction of sp³-hybridized carbons (Fsp3) is 0.208. The summed E-state index contributed by atoms with van der Waals surface area (Å²) in [6.45, 7) is 3.50. The molecule has 3 aromatic rings. The number of hydrogen-bond donors (Lipinski definition) is 2. The van der Waals surface area contributed by atoms with Crippen LogP contribution in [-0.2, 0) is 30.3 Å². The maximum Gasteiger partial charge on any atom is 0.347 e. The molecule has 1 amide bonds. The number of nitrogens with one attached hydrogen (secondary N) is 2. The van der Waals surface area contributed by atoms with Crippen molar-refractivity contribution < 1.29 is 23.9 Å². The van der Waals surface area contributed by atoms with Gasteiger partial charge in [-0.15, -0.1) is 0 Å². The minimum Gasteiger partial charge on any atom is -0.462 e. The van der Waals surface area contributed by atoms with E-state index in [2.05, 4.69) is 20.6 Å². The molecule has 0 saturated heterocycles. The Bertz CT molecular complexity index is 1160. The second-order valence-electron chi connectivity index (χ2n) is 6.81. The van der Waals surface area contributed by atoms with Crippen molar-refractivity contribution in [2.24, 2.45) is 0 Å². The van der Waals surface area contributed by atoms with E-state index in [-0.39, 0.29) is 31.1 Å². The molecule has 2 aromatic carbocycles. The number of aromatic nitrogens is 2. The lowest BCUT2D eigenvalue weighted by atomic mass is 10.1. The first-order chi connectivity index (χ1) is 16.0. The number of carbonyl (C=O) groups excluding carboxylic acids is 3. The number of esters is 2. The maximum absolute atomic E-state index is 12.4. The van der Waals surface area contributed by atoms with Gasteiger partial charge in [-0.05, 0) is 37.6 Å². The van der Waals surface area contributed by atoms with Gasteiger partial charge in [-0.3, -0.25) is 4.79 Å². The van der Waals surface area contributed by atoms with Crippen LogP contribution in [0.4, 0.5) is 11.5 Å². The maximum atomic E-state index is 12.4. The minimum atomic E-state index is -0.810. The fourth-order valence-corrected chi connectivity index (χ4v) is 3.00. The zero-order chi connectivity index (χ0) is 23.6. The number of ether oxygens (including phenoxy) is 2. The predicted octanol–water partition coefficient (Wildman–Crippen LogP) is 3.23. The minimum absolute atomic E-state index is 0.109. The van der Waals surface area contributed by atoms with E-state index in [0.29, 0.717) is 22.4 Å². The van der Waals surface area contributed by atoms with Gasteiger partial charge in [0, 0.05) is 17.3 Å². The van der Waals surface area contributed by atoms with E-state index in [1.807, 2.05) is 30.3 Å². The molecule has 0 aliphatic rings. The first-order valence-corrected chi connectivity index (χ1v) is 10.4. The summed E-state index contributed by atoms with van der Waals surface area (Å²) in [5.41, 5.74) is 1.77. The second-order valence-corrected chi connectivity index (χ2v) is 6.81. The average Bonchev–Trinajstić information content (AvgIpc) is 2.80. The highest BCUT2D eigenvalue weighted by molar-refractivity contribution is 6.14. The highest BCUT2D eigenvalue weighted by Gasteiger charge is 2.21. The van der Waals surface area contributed by atoms with Gasteiger partial charge in [0.15, 0.2) is 5.57 Å². The highest BCUT2D eigenvalue weighted by atomic mass is 16.6. The van der Waals surface area contributed by atoms with Gasteiger partial charge >= 0.3 is 11.9 Å². The fourth-order valence-electron chi connectivity index (χ4n) is 3.00. The zero-order valence-corrected chi connectivity index (χ0v) is 18.3. The molecule has 170 valence electrons. The van der Waals surface area contributed by atoms with Gasteiger partial charge in [0.1, 0.15) is 12.1 Å². The first kappa shape index (κ1) is 23.4. The van der Waals surface area contributed by atoms with Gasteiger partial charge in [0.2, 0.25) is 5.91 Å². The van der Waals surface area contributed by atoms with E-state index in [9.17, 15) is 14.4 Å². The Hall–Kier alpha value is -4.27.